The second kappa shape index (κ2) is 5.51. The molecule has 0 aromatic heterocycles. The molecule has 2 aromatic rings. The van der Waals surface area contributed by atoms with Crippen LogP contribution in [0.25, 0.3) is 0 Å². The number of hydrogen-bond donors (Lipinski definition) is 2. The van der Waals surface area contributed by atoms with Crippen molar-refractivity contribution in [1.29, 1.82) is 0 Å². The molecule has 0 aliphatic heterocycles. The zero-order chi connectivity index (χ0) is 14.0. The van der Waals surface area contributed by atoms with Crippen LogP contribution in [0.2, 0.25) is 10.0 Å². The minimum Gasteiger partial charge on any atom is -0.398 e. The van der Waals surface area contributed by atoms with Crippen LogP contribution < -0.4 is 11.1 Å². The molecule has 0 bridgehead atoms. The van der Waals surface area contributed by atoms with E-state index in [9.17, 15) is 4.79 Å². The fourth-order valence-corrected chi connectivity index (χ4v) is 2.03. The lowest BCUT2D eigenvalue weighted by molar-refractivity contribution is 0.102. The Morgan fingerprint density at radius 2 is 1.95 bits per heavy atom. The number of amides is 1. The quantitative estimate of drug-likeness (QED) is 0.818. The maximum atomic E-state index is 12.2. The van der Waals surface area contributed by atoms with Crippen molar-refractivity contribution in [2.75, 3.05) is 11.1 Å². The Morgan fingerprint density at radius 1 is 1.21 bits per heavy atom. The third-order valence-corrected chi connectivity index (χ3v) is 3.38. The average molecular weight is 295 g/mol. The van der Waals surface area contributed by atoms with Gasteiger partial charge in [0.25, 0.3) is 5.91 Å². The molecule has 0 atom stereocenters. The number of nitrogens with two attached hydrogens (primary N) is 1. The van der Waals surface area contributed by atoms with E-state index >= 15 is 0 Å². The highest BCUT2D eigenvalue weighted by Gasteiger charge is 2.13. The molecule has 0 saturated carbocycles. The molecule has 3 nitrogen and oxygen atoms in total. The van der Waals surface area contributed by atoms with Gasteiger partial charge in [-0.25, -0.2) is 0 Å². The summed E-state index contributed by atoms with van der Waals surface area (Å²) in [4.78, 5) is 12.2. The Bertz CT molecular complexity index is 641. The molecule has 19 heavy (non-hydrogen) atoms. The molecule has 0 heterocycles. The number of anilines is 2. The van der Waals surface area contributed by atoms with Crippen molar-refractivity contribution >= 4 is 40.5 Å². The molecule has 98 valence electrons. The van der Waals surface area contributed by atoms with E-state index in [4.69, 9.17) is 28.9 Å². The van der Waals surface area contributed by atoms with Gasteiger partial charge in [0, 0.05) is 10.7 Å². The second-order valence-corrected chi connectivity index (χ2v) is 4.94. The molecule has 0 aliphatic carbocycles. The van der Waals surface area contributed by atoms with E-state index in [0.717, 1.165) is 5.56 Å². The number of benzene rings is 2. The van der Waals surface area contributed by atoms with Crippen LogP contribution in [0.3, 0.4) is 0 Å². The summed E-state index contributed by atoms with van der Waals surface area (Å²) in [5.74, 6) is -0.317. The molecule has 1 amide bonds. The third-order valence-electron chi connectivity index (χ3n) is 2.72. The number of nitrogen functional groups attached to an aromatic ring is 1. The number of rotatable bonds is 2. The molecule has 0 unspecified atom stereocenters. The summed E-state index contributed by atoms with van der Waals surface area (Å²) in [6.45, 7) is 1.88. The van der Waals surface area contributed by atoms with E-state index in [2.05, 4.69) is 5.32 Å². The first kappa shape index (κ1) is 13.7. The first-order chi connectivity index (χ1) is 8.99. The highest BCUT2D eigenvalue weighted by atomic mass is 35.5. The topological polar surface area (TPSA) is 55.1 Å². The standard InChI is InChI=1S/C14H12Cl2N2O/c1-8-5-6-9(15)7-12(8)18-14(19)10-3-2-4-11(17)13(10)16/h2-7H,17H2,1H3,(H,18,19). The zero-order valence-corrected chi connectivity index (χ0v) is 11.7. The fourth-order valence-electron chi connectivity index (χ4n) is 1.64. The van der Waals surface area contributed by atoms with Crippen molar-refractivity contribution in [3.8, 4) is 0 Å². The van der Waals surface area contributed by atoms with E-state index in [0.29, 0.717) is 22.0 Å². The van der Waals surface area contributed by atoms with E-state index in [1.165, 1.54) is 0 Å². The number of nitrogens with one attached hydrogen (secondary N) is 1. The highest BCUT2D eigenvalue weighted by Crippen LogP contribution is 2.25. The van der Waals surface area contributed by atoms with Crippen molar-refractivity contribution < 1.29 is 4.79 Å². The molecule has 0 spiro atoms. The van der Waals surface area contributed by atoms with Gasteiger partial charge in [-0.1, -0.05) is 35.3 Å². The summed E-state index contributed by atoms with van der Waals surface area (Å²) in [6, 6.07) is 10.2. The molecular formula is C14H12Cl2N2O. The van der Waals surface area contributed by atoms with Crippen molar-refractivity contribution in [3.63, 3.8) is 0 Å². The van der Waals surface area contributed by atoms with Crippen LogP contribution in [-0.2, 0) is 0 Å². The monoisotopic (exact) mass is 294 g/mol. The molecular weight excluding hydrogens is 283 g/mol. The summed E-state index contributed by atoms with van der Waals surface area (Å²) in [5.41, 5.74) is 7.94. The SMILES string of the molecule is Cc1ccc(Cl)cc1NC(=O)c1cccc(N)c1Cl. The van der Waals surface area contributed by atoms with Gasteiger partial charge in [-0.15, -0.1) is 0 Å². The Kier molecular flexibility index (Phi) is 3.98. The molecule has 3 N–H and O–H groups in total. The van der Waals surface area contributed by atoms with E-state index in [1.54, 1.807) is 30.3 Å². The average Bonchev–Trinajstić information content (AvgIpc) is 2.37. The Balaban J connectivity index is 2.31. The molecule has 0 aliphatic rings. The Morgan fingerprint density at radius 3 is 2.68 bits per heavy atom. The predicted octanol–water partition coefficient (Wildman–Crippen LogP) is 4.14. The van der Waals surface area contributed by atoms with Crippen LogP contribution in [0, 0.1) is 6.92 Å². The van der Waals surface area contributed by atoms with Crippen molar-refractivity contribution in [2.24, 2.45) is 0 Å². The summed E-state index contributed by atoms with van der Waals surface area (Å²) in [7, 11) is 0. The number of aryl methyl sites for hydroxylation is 1. The minimum atomic E-state index is -0.317. The molecule has 5 heteroatoms. The summed E-state index contributed by atoms with van der Waals surface area (Å²) < 4.78 is 0. The zero-order valence-electron chi connectivity index (χ0n) is 10.2. The van der Waals surface area contributed by atoms with Gasteiger partial charge < -0.3 is 11.1 Å². The number of carbonyl (C=O) groups excluding carboxylic acids is 1. The normalized spacial score (nSPS) is 10.3. The van der Waals surface area contributed by atoms with E-state index in [1.807, 2.05) is 13.0 Å². The van der Waals surface area contributed by atoms with Crippen molar-refractivity contribution in [2.45, 2.75) is 6.92 Å². The summed E-state index contributed by atoms with van der Waals surface area (Å²) >= 11 is 11.9. The van der Waals surface area contributed by atoms with Crippen LogP contribution in [0.1, 0.15) is 15.9 Å². The van der Waals surface area contributed by atoms with E-state index < -0.39 is 0 Å². The van der Waals surface area contributed by atoms with Gasteiger partial charge in [-0.2, -0.15) is 0 Å². The van der Waals surface area contributed by atoms with Crippen LogP contribution >= 0.6 is 23.2 Å². The Labute approximate surface area is 121 Å². The van der Waals surface area contributed by atoms with Gasteiger partial charge in [0.15, 0.2) is 0 Å². The number of halogens is 2. The van der Waals surface area contributed by atoms with Gasteiger partial charge in [0.1, 0.15) is 0 Å². The third kappa shape index (κ3) is 3.00. The summed E-state index contributed by atoms with van der Waals surface area (Å²) in [5, 5.41) is 3.58. The molecule has 0 fully saturated rings. The smallest absolute Gasteiger partial charge is 0.257 e. The van der Waals surface area contributed by atoms with Gasteiger partial charge >= 0.3 is 0 Å². The lowest BCUT2D eigenvalue weighted by Gasteiger charge is -2.10. The lowest BCUT2D eigenvalue weighted by Crippen LogP contribution is -2.13. The van der Waals surface area contributed by atoms with Crippen LogP contribution in [0.4, 0.5) is 11.4 Å². The summed E-state index contributed by atoms with van der Waals surface area (Å²) in [6.07, 6.45) is 0. The predicted molar refractivity (Wildman–Crippen MR) is 80.0 cm³/mol. The van der Waals surface area contributed by atoms with Crippen LogP contribution in [0.5, 0.6) is 0 Å². The number of carbonyl (C=O) groups is 1. The van der Waals surface area contributed by atoms with Crippen LogP contribution in [0.15, 0.2) is 36.4 Å². The minimum absolute atomic E-state index is 0.250. The highest BCUT2D eigenvalue weighted by molar-refractivity contribution is 6.36. The molecule has 0 saturated heterocycles. The van der Waals surface area contributed by atoms with Crippen molar-refractivity contribution in [1.82, 2.24) is 0 Å². The Hall–Kier alpha value is -1.71. The van der Waals surface area contributed by atoms with Gasteiger partial charge in [-0.3, -0.25) is 4.79 Å². The van der Waals surface area contributed by atoms with Gasteiger partial charge in [0.05, 0.1) is 16.3 Å². The maximum absolute atomic E-state index is 12.2. The first-order valence-corrected chi connectivity index (χ1v) is 6.36. The first-order valence-electron chi connectivity index (χ1n) is 5.60. The molecule has 2 aromatic carbocycles. The molecule has 0 radical (unpaired) electrons. The van der Waals surface area contributed by atoms with Gasteiger partial charge in [0.2, 0.25) is 0 Å². The maximum Gasteiger partial charge on any atom is 0.257 e. The number of hydrogen-bond acceptors (Lipinski definition) is 2. The van der Waals surface area contributed by atoms with Gasteiger partial charge in [-0.05, 0) is 36.8 Å². The second-order valence-electron chi connectivity index (χ2n) is 4.12. The van der Waals surface area contributed by atoms with Crippen LogP contribution in [-0.4, -0.2) is 5.91 Å². The van der Waals surface area contributed by atoms with Crippen molar-refractivity contribution in [3.05, 3.63) is 57.6 Å². The largest absolute Gasteiger partial charge is 0.398 e. The molecule has 2 rings (SSSR count). The van der Waals surface area contributed by atoms with E-state index in [-0.39, 0.29) is 10.9 Å². The lowest BCUT2D eigenvalue weighted by atomic mass is 10.1. The fraction of sp³-hybridized carbons (Fsp3) is 0.0714.